The Bertz CT molecular complexity index is 996. The predicted molar refractivity (Wildman–Crippen MR) is 96.4 cm³/mol. The first-order valence-electron chi connectivity index (χ1n) is 8.46. The van der Waals surface area contributed by atoms with E-state index in [-0.39, 0.29) is 0 Å². The Hall–Kier alpha value is -3.02. The van der Waals surface area contributed by atoms with E-state index >= 15 is 0 Å². The van der Waals surface area contributed by atoms with E-state index in [0.29, 0.717) is 6.42 Å². The molecule has 0 aliphatic heterocycles. The van der Waals surface area contributed by atoms with Crippen LogP contribution in [0, 0.1) is 6.92 Å². The highest BCUT2D eigenvalue weighted by Crippen LogP contribution is 2.20. The van der Waals surface area contributed by atoms with E-state index in [2.05, 4.69) is 44.9 Å². The van der Waals surface area contributed by atoms with Crippen molar-refractivity contribution in [1.29, 1.82) is 0 Å². The Morgan fingerprint density at radius 2 is 1.92 bits per heavy atom. The summed E-state index contributed by atoms with van der Waals surface area (Å²) in [7, 11) is 0. The summed E-state index contributed by atoms with van der Waals surface area (Å²) >= 11 is 0. The van der Waals surface area contributed by atoms with Gasteiger partial charge in [-0.1, -0.05) is 0 Å². The van der Waals surface area contributed by atoms with Crippen LogP contribution in [0.1, 0.15) is 35.1 Å². The molecule has 0 bridgehead atoms. The molecule has 0 atom stereocenters. The molecule has 0 radical (unpaired) electrons. The molecule has 0 fully saturated rings. The van der Waals surface area contributed by atoms with Gasteiger partial charge >= 0.3 is 0 Å². The monoisotopic (exact) mass is 332 g/mol. The van der Waals surface area contributed by atoms with Gasteiger partial charge in [-0.2, -0.15) is 5.10 Å². The van der Waals surface area contributed by atoms with E-state index < -0.39 is 0 Å². The summed E-state index contributed by atoms with van der Waals surface area (Å²) in [5.74, 6) is 0.793. The van der Waals surface area contributed by atoms with Gasteiger partial charge in [0.1, 0.15) is 11.5 Å². The molecule has 0 unspecified atom stereocenters. The molecule has 0 aromatic carbocycles. The third kappa shape index (κ3) is 3.28. The summed E-state index contributed by atoms with van der Waals surface area (Å²) in [6.07, 6.45) is 11.1. The van der Waals surface area contributed by atoms with Crippen molar-refractivity contribution in [2.75, 3.05) is 0 Å². The smallest absolute Gasteiger partial charge is 0.137 e. The zero-order valence-electron chi connectivity index (χ0n) is 14.4. The number of H-pyrrole nitrogens is 1. The van der Waals surface area contributed by atoms with Gasteiger partial charge in [0, 0.05) is 49.3 Å². The molecule has 4 aromatic heterocycles. The van der Waals surface area contributed by atoms with Crippen LogP contribution in [0.4, 0.5) is 0 Å². The van der Waals surface area contributed by atoms with E-state index in [0.717, 1.165) is 46.6 Å². The van der Waals surface area contributed by atoms with Gasteiger partial charge in [0.2, 0.25) is 0 Å². The van der Waals surface area contributed by atoms with Crippen LogP contribution < -0.4 is 0 Å². The number of aromatic nitrogens is 6. The number of rotatable bonds is 5. The van der Waals surface area contributed by atoms with E-state index in [9.17, 15) is 0 Å². The van der Waals surface area contributed by atoms with Crippen LogP contribution in [0.5, 0.6) is 0 Å². The Morgan fingerprint density at radius 1 is 1.08 bits per heavy atom. The first-order valence-corrected chi connectivity index (χ1v) is 8.46. The summed E-state index contributed by atoms with van der Waals surface area (Å²) in [5.41, 5.74) is 5.37. The van der Waals surface area contributed by atoms with Crippen molar-refractivity contribution in [3.05, 3.63) is 71.3 Å². The van der Waals surface area contributed by atoms with Gasteiger partial charge in [0.05, 0.1) is 12.1 Å². The highest BCUT2D eigenvalue weighted by Gasteiger charge is 2.08. The molecule has 0 spiro atoms. The summed E-state index contributed by atoms with van der Waals surface area (Å²) in [6.45, 7) is 5.00. The van der Waals surface area contributed by atoms with Gasteiger partial charge in [0.15, 0.2) is 0 Å². The second-order valence-electron chi connectivity index (χ2n) is 6.25. The van der Waals surface area contributed by atoms with Gasteiger partial charge < -0.3 is 4.98 Å². The number of hydrogen-bond donors (Lipinski definition) is 1. The lowest BCUT2D eigenvalue weighted by Crippen LogP contribution is -2.01. The average molecular weight is 332 g/mol. The molecule has 1 N–H and O–H groups in total. The summed E-state index contributed by atoms with van der Waals surface area (Å²) in [6, 6.07) is 4.18. The van der Waals surface area contributed by atoms with Crippen LogP contribution in [0.3, 0.4) is 0 Å². The van der Waals surface area contributed by atoms with Crippen molar-refractivity contribution in [2.24, 2.45) is 0 Å². The third-order valence-corrected chi connectivity index (χ3v) is 4.27. The number of aromatic amines is 1. The van der Waals surface area contributed by atoms with E-state index in [1.54, 1.807) is 0 Å². The van der Waals surface area contributed by atoms with E-state index in [4.69, 9.17) is 0 Å². The van der Waals surface area contributed by atoms with Crippen molar-refractivity contribution in [3.8, 4) is 0 Å². The van der Waals surface area contributed by atoms with Crippen LogP contribution in [-0.2, 0) is 19.4 Å². The van der Waals surface area contributed by atoms with E-state index in [1.165, 1.54) is 5.56 Å². The minimum absolute atomic E-state index is 0.656. The Kier molecular flexibility index (Phi) is 4.01. The van der Waals surface area contributed by atoms with Crippen molar-refractivity contribution in [1.82, 2.24) is 29.7 Å². The maximum atomic E-state index is 4.50. The van der Waals surface area contributed by atoms with E-state index in [1.807, 2.05) is 41.7 Å². The Labute approximate surface area is 146 Å². The number of pyridine rings is 1. The quantitative estimate of drug-likeness (QED) is 0.610. The topological polar surface area (TPSA) is 72.3 Å². The molecular formula is C19H20N6. The molecule has 0 aliphatic carbocycles. The fraction of sp³-hybridized carbons (Fsp3) is 0.263. The maximum Gasteiger partial charge on any atom is 0.137 e. The second-order valence-corrected chi connectivity index (χ2v) is 6.25. The fourth-order valence-electron chi connectivity index (χ4n) is 2.93. The lowest BCUT2D eigenvalue weighted by molar-refractivity contribution is 0.648. The van der Waals surface area contributed by atoms with Crippen LogP contribution >= 0.6 is 0 Å². The molecule has 0 aliphatic rings. The van der Waals surface area contributed by atoms with Crippen molar-refractivity contribution in [2.45, 2.75) is 33.2 Å². The molecule has 0 saturated heterocycles. The van der Waals surface area contributed by atoms with Gasteiger partial charge in [-0.3, -0.25) is 4.68 Å². The third-order valence-electron chi connectivity index (χ3n) is 4.27. The molecule has 4 heterocycles. The minimum Gasteiger partial charge on any atom is -0.346 e. The largest absolute Gasteiger partial charge is 0.346 e. The van der Waals surface area contributed by atoms with Gasteiger partial charge in [-0.05, 0) is 42.7 Å². The van der Waals surface area contributed by atoms with Crippen molar-refractivity contribution in [3.63, 3.8) is 0 Å². The minimum atomic E-state index is 0.656. The molecule has 6 heteroatoms. The number of nitrogens with zero attached hydrogens (tertiary/aromatic N) is 5. The molecule has 0 amide bonds. The standard InChI is InChI=1S/C19H20N6/c1-3-25-5-4-16(24-25)8-18-20-10-14(11-21-18)7-15-12-23-19-17(15)6-13(2)9-22-19/h4-6,9-12H,3,7-8H2,1-2H3,(H,22,23). The predicted octanol–water partition coefficient (Wildman–Crippen LogP) is 3.06. The number of aryl methyl sites for hydroxylation is 2. The first kappa shape index (κ1) is 15.5. The fourth-order valence-corrected chi connectivity index (χ4v) is 2.93. The maximum absolute atomic E-state index is 4.50. The first-order chi connectivity index (χ1) is 12.2. The van der Waals surface area contributed by atoms with Gasteiger partial charge in [-0.15, -0.1) is 0 Å². The van der Waals surface area contributed by atoms with Crippen LogP contribution in [0.2, 0.25) is 0 Å². The summed E-state index contributed by atoms with van der Waals surface area (Å²) < 4.78 is 1.91. The van der Waals surface area contributed by atoms with Gasteiger partial charge in [0.25, 0.3) is 0 Å². The lowest BCUT2D eigenvalue weighted by Gasteiger charge is -2.02. The molecule has 126 valence electrons. The lowest BCUT2D eigenvalue weighted by atomic mass is 10.1. The van der Waals surface area contributed by atoms with Gasteiger partial charge in [-0.25, -0.2) is 15.0 Å². The molecule has 4 rings (SSSR count). The average Bonchev–Trinajstić information content (AvgIpc) is 3.24. The van der Waals surface area contributed by atoms with Crippen LogP contribution in [0.25, 0.3) is 11.0 Å². The molecule has 6 nitrogen and oxygen atoms in total. The van der Waals surface area contributed by atoms with Crippen molar-refractivity contribution >= 4 is 11.0 Å². The van der Waals surface area contributed by atoms with Crippen molar-refractivity contribution < 1.29 is 0 Å². The second kappa shape index (κ2) is 6.47. The van der Waals surface area contributed by atoms with Crippen LogP contribution in [-0.4, -0.2) is 29.7 Å². The normalized spacial score (nSPS) is 11.3. The highest BCUT2D eigenvalue weighted by atomic mass is 15.3. The molecular weight excluding hydrogens is 312 g/mol. The number of hydrogen-bond acceptors (Lipinski definition) is 4. The Balaban J connectivity index is 1.50. The Morgan fingerprint density at radius 3 is 2.68 bits per heavy atom. The molecule has 0 saturated carbocycles. The number of fused-ring (bicyclic) bond motifs is 1. The number of nitrogens with one attached hydrogen (secondary N) is 1. The zero-order chi connectivity index (χ0) is 17.2. The highest BCUT2D eigenvalue weighted by molar-refractivity contribution is 5.80. The van der Waals surface area contributed by atoms with Crippen LogP contribution in [0.15, 0.2) is 43.1 Å². The summed E-state index contributed by atoms with van der Waals surface area (Å²) in [4.78, 5) is 16.6. The molecule has 4 aromatic rings. The zero-order valence-corrected chi connectivity index (χ0v) is 14.4. The molecule has 25 heavy (non-hydrogen) atoms. The summed E-state index contributed by atoms with van der Waals surface area (Å²) in [5, 5.41) is 5.64. The SMILES string of the molecule is CCn1ccc(Cc2ncc(Cc3c[nH]c4ncc(C)cc34)cn2)n1.